The molecule has 4 atom stereocenters. The molecule has 0 amide bonds. The van der Waals surface area contributed by atoms with E-state index in [4.69, 9.17) is 18.9 Å². The minimum atomic E-state index is -0.863. The van der Waals surface area contributed by atoms with Gasteiger partial charge in [-0.1, -0.05) is 100 Å². The number of carbonyl (C=O) groups is 2. The van der Waals surface area contributed by atoms with Gasteiger partial charge in [-0.15, -0.1) is 0 Å². The van der Waals surface area contributed by atoms with E-state index in [9.17, 15) is 19.2 Å². The zero-order valence-electron chi connectivity index (χ0n) is 38.3. The second-order valence-electron chi connectivity index (χ2n) is 17.3. The van der Waals surface area contributed by atoms with Gasteiger partial charge in [-0.3, -0.25) is 9.59 Å². The van der Waals surface area contributed by atoms with Gasteiger partial charge in [0, 0.05) is 11.1 Å². The Morgan fingerprint density at radius 1 is 0.455 bits per heavy atom. The van der Waals surface area contributed by atoms with Crippen molar-refractivity contribution in [3.05, 3.63) is 176 Å². The first-order valence-corrected chi connectivity index (χ1v) is 25.5. The highest BCUT2D eigenvalue weighted by Gasteiger charge is 2.27. The van der Waals surface area contributed by atoms with Gasteiger partial charge in [0.25, 0.3) is 0 Å². The second kappa shape index (κ2) is 20.4. The van der Waals surface area contributed by atoms with Crippen molar-refractivity contribution >= 4 is 73.2 Å². The molecule has 0 bridgehead atoms. The third kappa shape index (κ3) is 9.90. The van der Waals surface area contributed by atoms with Crippen LogP contribution in [0.15, 0.2) is 143 Å². The molecule has 6 aromatic carbocycles. The first-order chi connectivity index (χ1) is 31.9. The van der Waals surface area contributed by atoms with E-state index in [1.165, 1.54) is 0 Å². The summed E-state index contributed by atoms with van der Waals surface area (Å²) in [7, 11) is -0.875. The molecule has 0 radical (unpaired) electrons. The summed E-state index contributed by atoms with van der Waals surface area (Å²) in [6.45, 7) is 12.2. The summed E-state index contributed by atoms with van der Waals surface area (Å²) in [5.41, 5.74) is 4.24. The lowest BCUT2D eigenvalue weighted by molar-refractivity contribution is -0.153. The van der Waals surface area contributed by atoms with Crippen LogP contribution in [0.5, 0.6) is 11.5 Å². The summed E-state index contributed by atoms with van der Waals surface area (Å²) in [6.07, 6.45) is -0.743. The fourth-order valence-corrected chi connectivity index (χ4v) is 13.1. The third-order valence-electron chi connectivity index (χ3n) is 12.0. The van der Waals surface area contributed by atoms with E-state index in [0.29, 0.717) is 47.7 Å². The summed E-state index contributed by atoms with van der Waals surface area (Å²) >= 11 is 0. The molecule has 0 aliphatic rings. The Hall–Kier alpha value is -6.36. The molecule has 10 heteroatoms. The molecule has 8 rings (SSSR count). The minimum Gasteiger partial charge on any atom is -0.479 e. The smallest absolute Gasteiger partial charge is 0.347 e. The van der Waals surface area contributed by atoms with Crippen molar-refractivity contribution < 1.29 is 28.5 Å². The van der Waals surface area contributed by atoms with Gasteiger partial charge in [0.15, 0.2) is 42.5 Å². The molecule has 0 fully saturated rings. The topological polar surface area (TPSA) is 105 Å². The van der Waals surface area contributed by atoms with E-state index < -0.39 is 45.1 Å². The predicted octanol–water partition coefficient (Wildman–Crippen LogP) is 13.0. The number of esters is 2. The number of hydrogen-bond donors (Lipinski definition) is 0. The number of ether oxygens (including phenoxy) is 4. The molecule has 0 aliphatic carbocycles. The van der Waals surface area contributed by atoms with Gasteiger partial charge in [-0.2, -0.15) is 0 Å². The van der Waals surface area contributed by atoms with Crippen molar-refractivity contribution in [1.29, 1.82) is 0 Å². The Bertz CT molecular complexity index is 2990. The van der Waals surface area contributed by atoms with Crippen LogP contribution in [-0.4, -0.2) is 37.4 Å². The molecular formula is C56H56O8S2+2. The largest absolute Gasteiger partial charge is 0.479 e. The molecule has 338 valence electrons. The van der Waals surface area contributed by atoms with Crippen LogP contribution in [0.4, 0.5) is 0 Å². The third-order valence-corrected chi connectivity index (χ3v) is 16.7. The van der Waals surface area contributed by atoms with Crippen LogP contribution in [0.3, 0.4) is 0 Å². The average molecular weight is 921 g/mol. The maximum absolute atomic E-state index is 13.7. The highest BCUT2D eigenvalue weighted by Crippen LogP contribution is 2.42. The number of carbonyl (C=O) groups excluding carboxylic acids is 2. The highest BCUT2D eigenvalue weighted by atomic mass is 32.2. The van der Waals surface area contributed by atoms with Crippen LogP contribution in [0.25, 0.3) is 40.3 Å². The Morgan fingerprint density at radius 2 is 0.818 bits per heavy atom. The van der Waals surface area contributed by atoms with Crippen LogP contribution >= 0.6 is 20.9 Å². The lowest BCUT2D eigenvalue weighted by Crippen LogP contribution is -2.27. The standard InChI is InChI=1S/C56H56O8S2/c1-35(2)39-25-27-51-45(31-39)53(57)43-19-9-13-23-49(43)65(51)33-41-17-7-11-21-47(41)63-37(5)55(59)61-29-15-16-30-62-56(60)38(6)64-48-22-12-8-18-42(48)34-66-50-24-14-10-20-44(50)54(58)46-32-40(36(3)4)26-28-52(46)66/h7-14,17-28,31-32,35-38H,15-16,29-30,33-34H2,1-6H3/q+2. The average Bonchev–Trinajstić information content (AvgIpc) is 3.33. The van der Waals surface area contributed by atoms with Gasteiger partial charge >= 0.3 is 11.9 Å². The number of rotatable bonds is 17. The molecule has 8 aromatic rings. The molecule has 2 heterocycles. The molecule has 0 saturated heterocycles. The van der Waals surface area contributed by atoms with Crippen LogP contribution in [0, 0.1) is 0 Å². The summed E-state index contributed by atoms with van der Waals surface area (Å²) in [5, 5.41) is 2.97. The first kappa shape index (κ1) is 46.2. The van der Waals surface area contributed by atoms with Crippen molar-refractivity contribution in [3.8, 4) is 11.5 Å². The van der Waals surface area contributed by atoms with E-state index in [-0.39, 0.29) is 24.1 Å². The van der Waals surface area contributed by atoms with Gasteiger partial charge in [-0.05, 0) is 131 Å². The van der Waals surface area contributed by atoms with Crippen LogP contribution in [-0.2, 0) is 30.6 Å². The van der Waals surface area contributed by atoms with Gasteiger partial charge in [0.1, 0.15) is 11.5 Å². The van der Waals surface area contributed by atoms with Crippen LogP contribution in [0.2, 0.25) is 0 Å². The predicted molar refractivity (Wildman–Crippen MR) is 271 cm³/mol. The normalized spacial score (nSPS) is 13.1. The SMILES string of the molecule is CC(Oc1ccccc1C[s+]1c2ccccc2c(=O)c2cc(C(C)C)ccc21)C(=O)OCCCCOC(=O)C(C)Oc1ccccc1C[s+]1c2ccccc2c(=O)c2cc(C(C)C)ccc21. The summed E-state index contributed by atoms with van der Waals surface area (Å²) < 4.78 is 27.7. The molecule has 0 aliphatic heterocycles. The van der Waals surface area contributed by atoms with Crippen molar-refractivity contribution in [2.45, 2.75) is 89.9 Å². The molecule has 2 aromatic heterocycles. The van der Waals surface area contributed by atoms with Gasteiger partial charge in [-0.25, -0.2) is 9.59 Å². The lowest BCUT2D eigenvalue weighted by Gasteiger charge is -2.17. The van der Waals surface area contributed by atoms with E-state index in [1.54, 1.807) is 13.8 Å². The minimum absolute atomic E-state index is 0.0533. The number of para-hydroxylation sites is 2. The molecule has 0 N–H and O–H groups in total. The molecule has 0 saturated carbocycles. The molecule has 0 spiro atoms. The Labute approximate surface area is 390 Å². The Balaban J connectivity index is 0.845. The Morgan fingerprint density at radius 3 is 1.23 bits per heavy atom. The summed E-state index contributed by atoms with van der Waals surface area (Å²) in [5.74, 6) is 2.03. The number of fused-ring (bicyclic) bond motifs is 4. The highest BCUT2D eigenvalue weighted by molar-refractivity contribution is 7.42. The molecule has 8 nitrogen and oxygen atoms in total. The maximum atomic E-state index is 13.7. The molecule has 66 heavy (non-hydrogen) atoms. The monoisotopic (exact) mass is 920 g/mol. The maximum Gasteiger partial charge on any atom is 0.347 e. The fourth-order valence-electron chi connectivity index (χ4n) is 8.22. The number of unbranched alkanes of at least 4 members (excludes halogenated alkanes) is 1. The van der Waals surface area contributed by atoms with Gasteiger partial charge in [0.05, 0.1) is 34.8 Å². The van der Waals surface area contributed by atoms with Crippen LogP contribution < -0.4 is 20.3 Å². The van der Waals surface area contributed by atoms with Crippen molar-refractivity contribution in [3.63, 3.8) is 0 Å². The molecular weight excluding hydrogens is 865 g/mol. The summed E-state index contributed by atoms with van der Waals surface area (Å²) in [4.78, 5) is 53.6. The van der Waals surface area contributed by atoms with Crippen molar-refractivity contribution in [1.82, 2.24) is 0 Å². The van der Waals surface area contributed by atoms with Crippen molar-refractivity contribution in [2.24, 2.45) is 0 Å². The van der Waals surface area contributed by atoms with Crippen LogP contribution in [0.1, 0.15) is 88.5 Å². The lowest BCUT2D eigenvalue weighted by atomic mass is 10.0. The Kier molecular flexibility index (Phi) is 14.3. The number of benzene rings is 6. The number of hydrogen-bond acceptors (Lipinski definition) is 8. The quantitative estimate of drug-likeness (QED) is 0.0385. The molecule has 4 unspecified atom stereocenters. The van der Waals surface area contributed by atoms with Gasteiger partial charge in [0.2, 0.25) is 10.9 Å². The van der Waals surface area contributed by atoms with E-state index in [2.05, 4.69) is 52.0 Å². The zero-order chi connectivity index (χ0) is 46.5. The van der Waals surface area contributed by atoms with E-state index in [0.717, 1.165) is 62.6 Å². The zero-order valence-corrected chi connectivity index (χ0v) is 40.0. The van der Waals surface area contributed by atoms with Crippen molar-refractivity contribution in [2.75, 3.05) is 13.2 Å². The summed E-state index contributed by atoms with van der Waals surface area (Å²) in [6, 6.07) is 43.7. The van der Waals surface area contributed by atoms with Gasteiger partial charge < -0.3 is 18.9 Å². The first-order valence-electron chi connectivity index (χ1n) is 22.7. The van der Waals surface area contributed by atoms with E-state index in [1.807, 2.05) is 109 Å². The second-order valence-corrected chi connectivity index (χ2v) is 21.2. The van der Waals surface area contributed by atoms with E-state index >= 15 is 0 Å². The fraction of sp³-hybridized carbons (Fsp3) is 0.286.